The molecule has 0 aromatic heterocycles. The van der Waals surface area contributed by atoms with Crippen molar-refractivity contribution in [1.29, 1.82) is 0 Å². The Morgan fingerprint density at radius 1 is 1.29 bits per heavy atom. The number of nitrogens with zero attached hydrogens (tertiary/aromatic N) is 1. The highest BCUT2D eigenvalue weighted by Gasteiger charge is 2.31. The zero-order chi connectivity index (χ0) is 10.6. The lowest BCUT2D eigenvalue weighted by atomic mass is 9.84. The van der Waals surface area contributed by atoms with Gasteiger partial charge in [0.05, 0.1) is 0 Å². The molecule has 0 saturated heterocycles. The molecule has 1 saturated carbocycles. The highest BCUT2D eigenvalue weighted by molar-refractivity contribution is 4.85. The first-order chi connectivity index (χ1) is 6.70. The third kappa shape index (κ3) is 2.71. The molecule has 0 aromatic carbocycles. The summed E-state index contributed by atoms with van der Waals surface area (Å²) in [5, 5.41) is 0. The number of rotatable bonds is 5. The van der Waals surface area contributed by atoms with E-state index >= 15 is 0 Å². The zero-order valence-electron chi connectivity index (χ0n) is 10.00. The van der Waals surface area contributed by atoms with Crippen LogP contribution in [0.3, 0.4) is 0 Å². The molecule has 2 unspecified atom stereocenters. The second-order valence-electron chi connectivity index (χ2n) is 4.90. The van der Waals surface area contributed by atoms with Crippen molar-refractivity contribution in [3.8, 4) is 0 Å². The molecule has 84 valence electrons. The average Bonchev–Trinajstić information content (AvgIpc) is 2.65. The minimum absolute atomic E-state index is 0.688. The molecular formula is C12H26N2. The number of nitrogens with two attached hydrogens (primary N) is 1. The van der Waals surface area contributed by atoms with Crippen LogP contribution < -0.4 is 5.73 Å². The van der Waals surface area contributed by atoms with E-state index in [1.807, 2.05) is 0 Å². The molecule has 0 aromatic rings. The fourth-order valence-electron chi connectivity index (χ4n) is 3.07. The van der Waals surface area contributed by atoms with Gasteiger partial charge in [-0.2, -0.15) is 0 Å². The molecule has 0 radical (unpaired) electrons. The van der Waals surface area contributed by atoms with Gasteiger partial charge in [-0.1, -0.05) is 26.2 Å². The SMILES string of the molecule is CCC(CN)C(C1CCCC1)N(C)C. The van der Waals surface area contributed by atoms with Crippen molar-refractivity contribution >= 4 is 0 Å². The summed E-state index contributed by atoms with van der Waals surface area (Å²) in [5.41, 5.74) is 5.86. The van der Waals surface area contributed by atoms with E-state index in [4.69, 9.17) is 5.73 Å². The van der Waals surface area contributed by atoms with E-state index < -0.39 is 0 Å². The van der Waals surface area contributed by atoms with Gasteiger partial charge in [-0.25, -0.2) is 0 Å². The van der Waals surface area contributed by atoms with Gasteiger partial charge in [-0.3, -0.25) is 0 Å². The maximum atomic E-state index is 5.86. The summed E-state index contributed by atoms with van der Waals surface area (Å²) in [6, 6.07) is 0.715. The van der Waals surface area contributed by atoms with E-state index in [0.717, 1.165) is 12.5 Å². The van der Waals surface area contributed by atoms with Crippen LogP contribution in [-0.2, 0) is 0 Å². The van der Waals surface area contributed by atoms with Crippen molar-refractivity contribution in [1.82, 2.24) is 4.90 Å². The van der Waals surface area contributed by atoms with Crippen molar-refractivity contribution in [2.45, 2.75) is 45.1 Å². The van der Waals surface area contributed by atoms with Gasteiger partial charge in [0, 0.05) is 6.04 Å². The van der Waals surface area contributed by atoms with Crippen molar-refractivity contribution in [3.63, 3.8) is 0 Å². The van der Waals surface area contributed by atoms with Crippen LogP contribution >= 0.6 is 0 Å². The Labute approximate surface area is 88.8 Å². The van der Waals surface area contributed by atoms with Gasteiger partial charge in [0.25, 0.3) is 0 Å². The normalized spacial score (nSPS) is 22.9. The predicted octanol–water partition coefficient (Wildman–Crippen LogP) is 2.09. The van der Waals surface area contributed by atoms with E-state index in [-0.39, 0.29) is 0 Å². The van der Waals surface area contributed by atoms with Gasteiger partial charge in [-0.05, 0) is 45.3 Å². The van der Waals surface area contributed by atoms with Crippen molar-refractivity contribution < 1.29 is 0 Å². The van der Waals surface area contributed by atoms with Crippen molar-refractivity contribution in [3.05, 3.63) is 0 Å². The van der Waals surface area contributed by atoms with E-state index in [1.165, 1.54) is 32.1 Å². The highest BCUT2D eigenvalue weighted by Crippen LogP contribution is 2.33. The lowest BCUT2D eigenvalue weighted by Crippen LogP contribution is -2.43. The van der Waals surface area contributed by atoms with Gasteiger partial charge in [0.2, 0.25) is 0 Å². The van der Waals surface area contributed by atoms with Crippen molar-refractivity contribution in [2.75, 3.05) is 20.6 Å². The average molecular weight is 198 g/mol. The Bertz CT molecular complexity index is 144. The molecule has 2 nitrogen and oxygen atoms in total. The summed E-state index contributed by atoms with van der Waals surface area (Å²) in [7, 11) is 4.42. The monoisotopic (exact) mass is 198 g/mol. The van der Waals surface area contributed by atoms with E-state index in [2.05, 4.69) is 25.9 Å². The minimum Gasteiger partial charge on any atom is -0.330 e. The molecule has 2 atom stereocenters. The third-order valence-electron chi connectivity index (χ3n) is 3.79. The van der Waals surface area contributed by atoms with Crippen molar-refractivity contribution in [2.24, 2.45) is 17.6 Å². The van der Waals surface area contributed by atoms with E-state index in [9.17, 15) is 0 Å². The zero-order valence-corrected chi connectivity index (χ0v) is 10.00. The summed E-state index contributed by atoms with van der Waals surface area (Å²) in [4.78, 5) is 2.40. The predicted molar refractivity (Wildman–Crippen MR) is 62.3 cm³/mol. The molecule has 1 rings (SSSR count). The molecule has 2 N–H and O–H groups in total. The second kappa shape index (κ2) is 5.72. The topological polar surface area (TPSA) is 29.3 Å². The largest absolute Gasteiger partial charge is 0.330 e. The molecule has 0 aliphatic heterocycles. The smallest absolute Gasteiger partial charge is 0.0158 e. The maximum Gasteiger partial charge on any atom is 0.0158 e. The van der Waals surface area contributed by atoms with Crippen LogP contribution in [0.2, 0.25) is 0 Å². The molecule has 1 aliphatic carbocycles. The van der Waals surface area contributed by atoms with Crippen LogP contribution in [-0.4, -0.2) is 31.6 Å². The third-order valence-corrected chi connectivity index (χ3v) is 3.79. The lowest BCUT2D eigenvalue weighted by molar-refractivity contribution is 0.142. The Hall–Kier alpha value is -0.0800. The van der Waals surface area contributed by atoms with Gasteiger partial charge in [0.1, 0.15) is 0 Å². The molecule has 0 heterocycles. The van der Waals surface area contributed by atoms with Gasteiger partial charge >= 0.3 is 0 Å². The molecule has 2 heteroatoms. The second-order valence-corrected chi connectivity index (χ2v) is 4.90. The Morgan fingerprint density at radius 2 is 1.86 bits per heavy atom. The molecule has 0 amide bonds. The van der Waals surface area contributed by atoms with Crippen LogP contribution in [0.4, 0.5) is 0 Å². The summed E-state index contributed by atoms with van der Waals surface area (Å²) in [5.74, 6) is 1.59. The maximum absolute atomic E-state index is 5.86. The van der Waals surface area contributed by atoms with Crippen LogP contribution in [0, 0.1) is 11.8 Å². The standard InChI is InChI=1S/C12H26N2/c1-4-10(9-13)12(14(2)3)11-7-5-6-8-11/h10-12H,4-9,13H2,1-3H3. The summed E-state index contributed by atoms with van der Waals surface area (Å²) < 4.78 is 0. The number of hydrogen-bond donors (Lipinski definition) is 1. The fraction of sp³-hybridized carbons (Fsp3) is 1.00. The molecule has 14 heavy (non-hydrogen) atoms. The fourth-order valence-corrected chi connectivity index (χ4v) is 3.07. The molecule has 0 bridgehead atoms. The van der Waals surface area contributed by atoms with E-state index in [0.29, 0.717) is 12.0 Å². The Morgan fingerprint density at radius 3 is 2.21 bits per heavy atom. The first kappa shape index (κ1) is 12.0. The van der Waals surface area contributed by atoms with Gasteiger partial charge in [-0.15, -0.1) is 0 Å². The van der Waals surface area contributed by atoms with Gasteiger partial charge < -0.3 is 10.6 Å². The van der Waals surface area contributed by atoms with Crippen LogP contribution in [0.5, 0.6) is 0 Å². The first-order valence-corrected chi connectivity index (χ1v) is 6.07. The highest BCUT2D eigenvalue weighted by atomic mass is 15.1. The summed E-state index contributed by atoms with van der Waals surface area (Å²) >= 11 is 0. The Kier molecular flexibility index (Phi) is 4.90. The lowest BCUT2D eigenvalue weighted by Gasteiger charge is -2.36. The molecular weight excluding hydrogens is 172 g/mol. The van der Waals surface area contributed by atoms with Gasteiger partial charge in [0.15, 0.2) is 0 Å². The summed E-state index contributed by atoms with van der Waals surface area (Å²) in [6.45, 7) is 3.11. The van der Waals surface area contributed by atoms with Crippen LogP contribution in [0.1, 0.15) is 39.0 Å². The summed E-state index contributed by atoms with van der Waals surface area (Å²) in [6.07, 6.45) is 6.90. The number of hydrogen-bond acceptors (Lipinski definition) is 2. The quantitative estimate of drug-likeness (QED) is 0.733. The van der Waals surface area contributed by atoms with Crippen LogP contribution in [0.25, 0.3) is 0 Å². The van der Waals surface area contributed by atoms with E-state index in [1.54, 1.807) is 0 Å². The van der Waals surface area contributed by atoms with Crippen LogP contribution in [0.15, 0.2) is 0 Å². The first-order valence-electron chi connectivity index (χ1n) is 6.07. The minimum atomic E-state index is 0.688. The molecule has 1 fully saturated rings. The Balaban J connectivity index is 2.61. The molecule has 0 spiro atoms. The molecule has 1 aliphatic rings.